The van der Waals surface area contributed by atoms with Crippen molar-refractivity contribution in [2.24, 2.45) is 0 Å². The summed E-state index contributed by atoms with van der Waals surface area (Å²) in [5, 5.41) is 8.18. The first-order chi connectivity index (χ1) is 16.5. The van der Waals surface area contributed by atoms with E-state index in [1.807, 2.05) is 54.3 Å². The van der Waals surface area contributed by atoms with Crippen molar-refractivity contribution in [3.05, 3.63) is 107 Å². The number of halogens is 1. The number of nitrogens with one attached hydrogen (secondary N) is 1. The largest absolute Gasteiger partial charge is 0.351 e. The number of rotatable bonds is 5. The monoisotopic (exact) mass is 470 g/mol. The van der Waals surface area contributed by atoms with Gasteiger partial charge in [0.25, 0.3) is 5.89 Å². The van der Waals surface area contributed by atoms with Gasteiger partial charge >= 0.3 is 0 Å². The van der Waals surface area contributed by atoms with Crippen molar-refractivity contribution in [3.8, 4) is 11.4 Å². The number of aryl methyl sites for hydroxylation is 1. The van der Waals surface area contributed by atoms with Crippen molar-refractivity contribution < 1.29 is 8.91 Å². The summed E-state index contributed by atoms with van der Waals surface area (Å²) in [5.74, 6) is 0.596. The second-order valence-corrected chi connectivity index (χ2v) is 8.46. The fourth-order valence-corrected chi connectivity index (χ4v) is 4.51. The first-order valence-electron chi connectivity index (χ1n) is 11.1. The molecule has 0 spiro atoms. The zero-order valence-electron chi connectivity index (χ0n) is 18.8. The van der Waals surface area contributed by atoms with Crippen LogP contribution in [0.3, 0.4) is 0 Å². The van der Waals surface area contributed by atoms with E-state index >= 15 is 0 Å². The molecule has 5 nitrogen and oxygen atoms in total. The molecular formula is C27H23FN4OS. The fraction of sp³-hybridized carbons (Fsp3) is 0.148. The maximum Gasteiger partial charge on any atom is 0.258 e. The zero-order chi connectivity index (χ0) is 23.7. The summed E-state index contributed by atoms with van der Waals surface area (Å²) in [4.78, 5) is 6.69. The Morgan fingerprint density at radius 2 is 1.71 bits per heavy atom. The van der Waals surface area contributed by atoms with Gasteiger partial charge < -0.3 is 9.84 Å². The smallest absolute Gasteiger partial charge is 0.258 e. The van der Waals surface area contributed by atoms with Crippen LogP contribution in [0.15, 0.2) is 89.1 Å². The van der Waals surface area contributed by atoms with Crippen LogP contribution in [-0.2, 0) is 6.42 Å². The van der Waals surface area contributed by atoms with Gasteiger partial charge in [-0.15, -0.1) is 0 Å². The highest BCUT2D eigenvalue weighted by Gasteiger charge is 2.34. The third-order valence-corrected chi connectivity index (χ3v) is 6.28. The molecule has 0 saturated carbocycles. The highest BCUT2D eigenvalue weighted by molar-refractivity contribution is 7.80. The molecule has 1 atom stereocenters. The second-order valence-electron chi connectivity index (χ2n) is 8.08. The van der Waals surface area contributed by atoms with Crippen LogP contribution in [0.25, 0.3) is 17.0 Å². The van der Waals surface area contributed by atoms with Gasteiger partial charge in [0.15, 0.2) is 5.11 Å². The molecule has 7 heteroatoms. The molecule has 1 N–H and O–H groups in total. The maximum absolute atomic E-state index is 13.6. The van der Waals surface area contributed by atoms with Gasteiger partial charge in [0.1, 0.15) is 5.82 Å². The minimum atomic E-state index is -0.371. The topological polar surface area (TPSA) is 54.2 Å². The van der Waals surface area contributed by atoms with Gasteiger partial charge in [-0.05, 0) is 61.0 Å². The predicted octanol–water partition coefficient (Wildman–Crippen LogP) is 6.31. The SMILES string of the molecule is CCc1ccc(-c2noc(C3=C(C)N(c4ccccc4)C(=S)NC3c3ccc(F)cc3)n2)cc1. The van der Waals surface area contributed by atoms with Crippen molar-refractivity contribution in [2.75, 3.05) is 4.90 Å². The van der Waals surface area contributed by atoms with Crippen LogP contribution in [0.4, 0.5) is 10.1 Å². The molecule has 1 unspecified atom stereocenters. The van der Waals surface area contributed by atoms with E-state index in [1.165, 1.54) is 17.7 Å². The molecule has 170 valence electrons. The fourth-order valence-electron chi connectivity index (χ4n) is 4.15. The highest BCUT2D eigenvalue weighted by Crippen LogP contribution is 2.39. The molecule has 0 aliphatic carbocycles. The number of thiocarbonyl (C=S) groups is 1. The van der Waals surface area contributed by atoms with Crippen LogP contribution >= 0.6 is 12.2 Å². The van der Waals surface area contributed by atoms with Gasteiger partial charge in [0.05, 0.1) is 11.6 Å². The van der Waals surface area contributed by atoms with E-state index in [9.17, 15) is 4.39 Å². The van der Waals surface area contributed by atoms with Gasteiger partial charge in [-0.25, -0.2) is 4.39 Å². The van der Waals surface area contributed by atoms with E-state index in [-0.39, 0.29) is 11.9 Å². The standard InChI is InChI=1S/C27H23FN4OS/c1-3-18-9-11-20(12-10-18)25-30-26(33-31-25)23-17(2)32(22-7-5-4-6-8-22)27(34)29-24(23)19-13-15-21(28)16-14-19/h4-16,24H,3H2,1-2H3,(H,29,34). The Hall–Kier alpha value is -3.84. The van der Waals surface area contributed by atoms with Crippen LogP contribution < -0.4 is 10.2 Å². The second kappa shape index (κ2) is 9.19. The molecule has 1 aromatic heterocycles. The molecule has 1 aliphatic rings. The van der Waals surface area contributed by atoms with Crippen molar-refractivity contribution in [3.63, 3.8) is 0 Å². The number of para-hydroxylation sites is 1. The molecule has 34 heavy (non-hydrogen) atoms. The van der Waals surface area contributed by atoms with Crippen LogP contribution in [0.1, 0.15) is 36.9 Å². The molecule has 0 fully saturated rings. The van der Waals surface area contributed by atoms with Gasteiger partial charge in [-0.1, -0.05) is 66.7 Å². The summed E-state index contributed by atoms with van der Waals surface area (Å²) in [5.41, 5.74) is 5.53. The highest BCUT2D eigenvalue weighted by atomic mass is 32.1. The van der Waals surface area contributed by atoms with Gasteiger partial charge in [-0.3, -0.25) is 4.90 Å². The maximum atomic E-state index is 13.6. The first kappa shape index (κ1) is 22.0. The van der Waals surface area contributed by atoms with E-state index in [4.69, 9.17) is 21.7 Å². The first-order valence-corrected chi connectivity index (χ1v) is 11.5. The molecule has 2 heterocycles. The summed E-state index contributed by atoms with van der Waals surface area (Å²) in [6, 6.07) is 24.0. The van der Waals surface area contributed by atoms with Gasteiger partial charge in [0, 0.05) is 16.9 Å². The quantitative estimate of drug-likeness (QED) is 0.345. The molecule has 1 aliphatic heterocycles. The van der Waals surface area contributed by atoms with E-state index in [1.54, 1.807) is 12.1 Å². The molecule has 0 bridgehead atoms. The van der Waals surface area contributed by atoms with E-state index in [0.29, 0.717) is 16.8 Å². The molecular weight excluding hydrogens is 447 g/mol. The Balaban J connectivity index is 1.62. The summed E-state index contributed by atoms with van der Waals surface area (Å²) in [7, 11) is 0. The molecule has 0 radical (unpaired) electrons. The number of allylic oxidation sites excluding steroid dienone is 1. The van der Waals surface area contributed by atoms with Gasteiger partial charge in [-0.2, -0.15) is 4.98 Å². The number of anilines is 1. The number of hydrogen-bond acceptors (Lipinski definition) is 4. The van der Waals surface area contributed by atoms with Gasteiger partial charge in [0.2, 0.25) is 5.82 Å². The van der Waals surface area contributed by atoms with E-state index < -0.39 is 0 Å². The Labute approximate surface area is 202 Å². The molecule has 0 amide bonds. The average molecular weight is 471 g/mol. The lowest BCUT2D eigenvalue weighted by atomic mass is 9.94. The normalized spacial score (nSPS) is 16.0. The molecule has 5 rings (SSSR count). The average Bonchev–Trinajstić information content (AvgIpc) is 3.34. The Morgan fingerprint density at radius 1 is 1.00 bits per heavy atom. The third kappa shape index (κ3) is 4.10. The predicted molar refractivity (Wildman–Crippen MR) is 136 cm³/mol. The summed E-state index contributed by atoms with van der Waals surface area (Å²) >= 11 is 5.74. The molecule has 4 aromatic rings. The number of aromatic nitrogens is 2. The Bertz CT molecular complexity index is 1350. The number of benzene rings is 3. The lowest BCUT2D eigenvalue weighted by Gasteiger charge is -2.37. The third-order valence-electron chi connectivity index (χ3n) is 5.98. The van der Waals surface area contributed by atoms with Crippen LogP contribution in [0.5, 0.6) is 0 Å². The van der Waals surface area contributed by atoms with E-state index in [2.05, 4.69) is 29.5 Å². The Morgan fingerprint density at radius 3 is 2.38 bits per heavy atom. The summed E-state index contributed by atoms with van der Waals surface area (Å²) in [6.07, 6.45) is 0.962. The van der Waals surface area contributed by atoms with Crippen LogP contribution in [-0.4, -0.2) is 15.3 Å². The minimum absolute atomic E-state index is 0.300. The number of nitrogens with zero attached hydrogens (tertiary/aromatic N) is 3. The van der Waals surface area contributed by atoms with Crippen LogP contribution in [0.2, 0.25) is 0 Å². The Kier molecular flexibility index (Phi) is 5.94. The number of hydrogen-bond donors (Lipinski definition) is 1. The lowest BCUT2D eigenvalue weighted by molar-refractivity contribution is 0.404. The van der Waals surface area contributed by atoms with Crippen molar-refractivity contribution in [1.29, 1.82) is 0 Å². The lowest BCUT2D eigenvalue weighted by Crippen LogP contribution is -2.46. The summed E-state index contributed by atoms with van der Waals surface area (Å²) < 4.78 is 19.4. The van der Waals surface area contributed by atoms with Crippen molar-refractivity contribution in [2.45, 2.75) is 26.3 Å². The molecule has 3 aromatic carbocycles. The molecule has 0 saturated heterocycles. The zero-order valence-corrected chi connectivity index (χ0v) is 19.6. The van der Waals surface area contributed by atoms with Crippen molar-refractivity contribution in [1.82, 2.24) is 15.5 Å². The van der Waals surface area contributed by atoms with E-state index in [0.717, 1.165) is 34.5 Å². The summed E-state index contributed by atoms with van der Waals surface area (Å²) in [6.45, 7) is 4.09. The minimum Gasteiger partial charge on any atom is -0.351 e. The van der Waals surface area contributed by atoms with Crippen molar-refractivity contribution >= 4 is 28.6 Å². The van der Waals surface area contributed by atoms with Crippen LogP contribution in [0, 0.1) is 5.82 Å².